The Kier molecular flexibility index (Phi) is 5.72. The lowest BCUT2D eigenvalue weighted by atomic mass is 10.3. The molecule has 0 aliphatic rings. The second kappa shape index (κ2) is 8.43. The molecule has 10 heteroatoms. The number of anilines is 1. The average Bonchev–Trinajstić information content (AvgIpc) is 3.24. The van der Waals surface area contributed by atoms with Crippen LogP contribution in [0, 0.1) is 0 Å². The monoisotopic (exact) mass is 460 g/mol. The van der Waals surface area contributed by atoms with E-state index in [2.05, 4.69) is 10.3 Å². The highest BCUT2D eigenvalue weighted by Gasteiger charge is 2.17. The zero-order valence-electron chi connectivity index (χ0n) is 15.3. The Hall–Kier alpha value is -2.94. The first kappa shape index (κ1) is 20.3. The number of nitrogens with one attached hydrogen (secondary N) is 1. The van der Waals surface area contributed by atoms with Gasteiger partial charge in [-0.05, 0) is 41.8 Å². The van der Waals surface area contributed by atoms with Crippen LogP contribution in [0.1, 0.15) is 4.88 Å². The van der Waals surface area contributed by atoms with Gasteiger partial charge in [-0.15, -0.1) is 11.3 Å². The number of amides is 1. The number of hydrogen-bond acceptors (Lipinski definition) is 5. The van der Waals surface area contributed by atoms with Crippen molar-refractivity contribution in [2.24, 2.45) is 0 Å². The predicted molar refractivity (Wildman–Crippen MR) is 119 cm³/mol. The Balaban J connectivity index is 1.75. The average molecular weight is 461 g/mol. The molecule has 1 N–H and O–H groups in total. The van der Waals surface area contributed by atoms with Crippen molar-refractivity contribution in [3.63, 3.8) is 0 Å². The van der Waals surface area contributed by atoms with E-state index in [-0.39, 0.29) is 29.1 Å². The maximum atomic E-state index is 13.1. The molecule has 0 aliphatic heterocycles. The molecule has 0 bridgehead atoms. The number of rotatable bonds is 5. The lowest BCUT2D eigenvalue weighted by Gasteiger charge is -2.14. The van der Waals surface area contributed by atoms with Crippen LogP contribution < -0.4 is 16.6 Å². The van der Waals surface area contributed by atoms with Gasteiger partial charge in [0.2, 0.25) is 5.91 Å². The zero-order chi connectivity index (χ0) is 21.3. The van der Waals surface area contributed by atoms with Gasteiger partial charge in [0.05, 0.1) is 22.8 Å². The van der Waals surface area contributed by atoms with Crippen LogP contribution in [0.5, 0.6) is 0 Å². The molecule has 4 aromatic rings. The molecule has 4 rings (SSSR count). The van der Waals surface area contributed by atoms with Gasteiger partial charge in [-0.25, -0.2) is 9.78 Å². The number of nitrogens with zero attached hydrogens (tertiary/aromatic N) is 3. The van der Waals surface area contributed by atoms with Gasteiger partial charge in [-0.2, -0.15) is 0 Å². The number of pyridine rings is 1. The van der Waals surface area contributed by atoms with Crippen LogP contribution in [-0.4, -0.2) is 20.0 Å². The molecule has 0 spiro atoms. The molecule has 3 heterocycles. The number of fused-ring (bicyclic) bond motifs is 1. The van der Waals surface area contributed by atoms with Crippen LogP contribution in [0.15, 0.2) is 63.6 Å². The van der Waals surface area contributed by atoms with Crippen molar-refractivity contribution in [2.45, 2.75) is 13.1 Å². The van der Waals surface area contributed by atoms with Gasteiger partial charge in [0.15, 0.2) is 5.52 Å². The summed E-state index contributed by atoms with van der Waals surface area (Å²) in [5.41, 5.74) is -0.320. The minimum Gasteiger partial charge on any atom is -0.323 e. The maximum absolute atomic E-state index is 13.1. The number of thiophene rings is 1. The lowest BCUT2D eigenvalue weighted by Crippen LogP contribution is -2.42. The third-order valence-corrected chi connectivity index (χ3v) is 5.80. The third kappa shape index (κ3) is 4.02. The van der Waals surface area contributed by atoms with Crippen molar-refractivity contribution in [3.05, 3.63) is 89.8 Å². The first-order valence-corrected chi connectivity index (χ1v) is 10.4. The molecule has 1 amide bonds. The highest BCUT2D eigenvalue weighted by atomic mass is 35.5. The van der Waals surface area contributed by atoms with Crippen molar-refractivity contribution < 1.29 is 4.79 Å². The first-order valence-electron chi connectivity index (χ1n) is 8.79. The fraction of sp³-hybridized carbons (Fsp3) is 0.100. The van der Waals surface area contributed by atoms with Crippen molar-refractivity contribution in [1.29, 1.82) is 0 Å². The standard InChI is InChI=1S/C20H14Cl2N4O3S/c21-12-5-6-15(14(22)9-12)24-17(27)11-25-16-4-1-7-23-18(16)19(28)26(20(25)29)10-13-3-2-8-30-13/h1-9H,10-11H2,(H,24,27). The van der Waals surface area contributed by atoms with Gasteiger partial charge < -0.3 is 5.32 Å². The fourth-order valence-electron chi connectivity index (χ4n) is 3.02. The van der Waals surface area contributed by atoms with Crippen LogP contribution >= 0.6 is 34.5 Å². The molecule has 3 aromatic heterocycles. The number of aromatic nitrogens is 3. The molecule has 7 nitrogen and oxygen atoms in total. The Morgan fingerprint density at radius 2 is 1.93 bits per heavy atom. The summed E-state index contributed by atoms with van der Waals surface area (Å²) in [6.07, 6.45) is 1.47. The number of carbonyl (C=O) groups is 1. The highest BCUT2D eigenvalue weighted by Crippen LogP contribution is 2.25. The largest absolute Gasteiger partial charge is 0.332 e. The Labute approximate surface area is 184 Å². The van der Waals surface area contributed by atoms with E-state index in [1.54, 1.807) is 24.3 Å². The quantitative estimate of drug-likeness (QED) is 0.492. The lowest BCUT2D eigenvalue weighted by molar-refractivity contribution is -0.116. The molecule has 0 saturated carbocycles. The van der Waals surface area contributed by atoms with Crippen LogP contribution in [0.4, 0.5) is 5.69 Å². The van der Waals surface area contributed by atoms with E-state index in [4.69, 9.17) is 23.2 Å². The molecule has 30 heavy (non-hydrogen) atoms. The summed E-state index contributed by atoms with van der Waals surface area (Å²) >= 11 is 13.4. The van der Waals surface area contributed by atoms with Gasteiger partial charge in [-0.3, -0.25) is 18.7 Å². The van der Waals surface area contributed by atoms with Crippen LogP contribution in [0.25, 0.3) is 11.0 Å². The van der Waals surface area contributed by atoms with Gasteiger partial charge in [-0.1, -0.05) is 29.3 Å². The number of benzene rings is 1. The molecular formula is C20H14Cl2N4O3S. The topological polar surface area (TPSA) is 86.0 Å². The van der Waals surface area contributed by atoms with Gasteiger partial charge >= 0.3 is 5.69 Å². The molecule has 0 radical (unpaired) electrons. The van der Waals surface area contributed by atoms with Gasteiger partial charge in [0, 0.05) is 16.1 Å². The van der Waals surface area contributed by atoms with E-state index in [1.165, 1.54) is 28.2 Å². The Morgan fingerprint density at radius 3 is 2.67 bits per heavy atom. The summed E-state index contributed by atoms with van der Waals surface area (Å²) < 4.78 is 2.32. The normalized spacial score (nSPS) is 11.0. The molecule has 1 aromatic carbocycles. The Morgan fingerprint density at radius 1 is 1.10 bits per heavy atom. The second-order valence-electron chi connectivity index (χ2n) is 6.38. The minimum atomic E-state index is -0.591. The van der Waals surface area contributed by atoms with Gasteiger partial charge in [0.25, 0.3) is 5.56 Å². The molecule has 0 saturated heterocycles. The number of carbonyl (C=O) groups excluding carboxylic acids is 1. The van der Waals surface area contributed by atoms with E-state index in [0.29, 0.717) is 10.7 Å². The minimum absolute atomic E-state index is 0.104. The van der Waals surface area contributed by atoms with Crippen LogP contribution in [0.2, 0.25) is 10.0 Å². The van der Waals surface area contributed by atoms with Crippen molar-refractivity contribution in [3.8, 4) is 0 Å². The maximum Gasteiger partial charge on any atom is 0.332 e. The van der Waals surface area contributed by atoms with Crippen molar-refractivity contribution in [2.75, 3.05) is 5.32 Å². The smallest absolute Gasteiger partial charge is 0.323 e. The van der Waals surface area contributed by atoms with Crippen LogP contribution in [-0.2, 0) is 17.9 Å². The fourth-order valence-corrected chi connectivity index (χ4v) is 4.17. The van der Waals surface area contributed by atoms with Crippen molar-refractivity contribution >= 4 is 57.2 Å². The summed E-state index contributed by atoms with van der Waals surface area (Å²) in [4.78, 5) is 43.6. The SMILES string of the molecule is O=C(Cn1c(=O)n(Cc2cccs2)c(=O)c2ncccc21)Nc1ccc(Cl)cc1Cl. The van der Waals surface area contributed by atoms with Gasteiger partial charge in [0.1, 0.15) is 6.54 Å². The second-order valence-corrected chi connectivity index (χ2v) is 8.26. The van der Waals surface area contributed by atoms with Crippen molar-refractivity contribution in [1.82, 2.24) is 14.1 Å². The van der Waals surface area contributed by atoms with E-state index in [0.717, 1.165) is 9.44 Å². The third-order valence-electron chi connectivity index (χ3n) is 4.39. The summed E-state index contributed by atoms with van der Waals surface area (Å²) in [5, 5.41) is 5.24. The van der Waals surface area contributed by atoms with E-state index in [9.17, 15) is 14.4 Å². The molecule has 0 aliphatic carbocycles. The number of hydrogen-bond donors (Lipinski definition) is 1. The van der Waals surface area contributed by atoms with E-state index in [1.807, 2.05) is 17.5 Å². The first-order chi connectivity index (χ1) is 14.4. The zero-order valence-corrected chi connectivity index (χ0v) is 17.7. The van der Waals surface area contributed by atoms with E-state index < -0.39 is 17.2 Å². The molecular weight excluding hydrogens is 447 g/mol. The molecule has 0 atom stereocenters. The Bertz CT molecular complexity index is 1360. The molecule has 152 valence electrons. The highest BCUT2D eigenvalue weighted by molar-refractivity contribution is 7.09. The predicted octanol–water partition coefficient (Wildman–Crippen LogP) is 3.61. The summed E-state index contributed by atoms with van der Waals surface area (Å²) in [6, 6.07) is 11.5. The summed E-state index contributed by atoms with van der Waals surface area (Å²) in [7, 11) is 0. The number of halogens is 2. The summed E-state index contributed by atoms with van der Waals surface area (Å²) in [5.74, 6) is -0.479. The molecule has 0 fully saturated rings. The van der Waals surface area contributed by atoms with Crippen LogP contribution in [0.3, 0.4) is 0 Å². The van der Waals surface area contributed by atoms with E-state index >= 15 is 0 Å². The molecule has 0 unspecified atom stereocenters. The summed E-state index contributed by atoms with van der Waals surface area (Å²) in [6.45, 7) is -0.211.